The molecule has 4 heterocycles. The summed E-state index contributed by atoms with van der Waals surface area (Å²) in [5.41, 5.74) is 4.26. The number of fused-ring (bicyclic) bond motifs is 1. The number of nitrogens with one attached hydrogen (secondary N) is 1. The molecule has 3 N–H and O–H groups in total. The average Bonchev–Trinajstić information content (AvgIpc) is 3.06. The average molecular weight is 420 g/mol. The maximum Gasteiger partial charge on any atom is 0.418 e. The van der Waals surface area contributed by atoms with Gasteiger partial charge in [-0.25, -0.2) is 9.97 Å². The molecule has 1 aliphatic rings. The maximum atomic E-state index is 13.7. The zero-order valence-electron chi connectivity index (χ0n) is 16.5. The summed E-state index contributed by atoms with van der Waals surface area (Å²) in [6, 6.07) is 5.60. The minimum Gasteiger partial charge on any atom is -0.369 e. The molecule has 0 aromatic carbocycles. The molecule has 10 heteroatoms. The Bertz CT molecular complexity index is 1110. The molecule has 1 fully saturated rings. The zero-order valence-corrected chi connectivity index (χ0v) is 16.5. The quantitative estimate of drug-likeness (QED) is 0.657. The van der Waals surface area contributed by atoms with Crippen LogP contribution in [0.3, 0.4) is 0 Å². The molecule has 0 aliphatic carbocycles. The summed E-state index contributed by atoms with van der Waals surface area (Å²) in [7, 11) is 0. The van der Waals surface area contributed by atoms with Gasteiger partial charge in [0, 0.05) is 26.1 Å². The first kappa shape index (κ1) is 20.1. The number of hydrogen-bond donors (Lipinski definition) is 2. The Kier molecular flexibility index (Phi) is 4.67. The van der Waals surface area contributed by atoms with Gasteiger partial charge >= 0.3 is 6.18 Å². The third-order valence-corrected chi connectivity index (χ3v) is 5.39. The monoisotopic (exact) mass is 420 g/mol. The molecule has 30 heavy (non-hydrogen) atoms. The molecule has 3 aromatic heterocycles. The maximum absolute atomic E-state index is 13.7. The van der Waals surface area contributed by atoms with Crippen LogP contribution in [0.4, 0.5) is 19.0 Å². The first-order valence-corrected chi connectivity index (χ1v) is 9.53. The first-order chi connectivity index (χ1) is 14.1. The van der Waals surface area contributed by atoms with Crippen molar-refractivity contribution in [3.63, 3.8) is 0 Å². The van der Waals surface area contributed by atoms with E-state index in [2.05, 4.69) is 20.2 Å². The van der Waals surface area contributed by atoms with Crippen molar-refractivity contribution in [2.75, 3.05) is 18.0 Å². The van der Waals surface area contributed by atoms with E-state index in [1.54, 1.807) is 17.0 Å². The molecule has 0 bridgehead atoms. The molecule has 7 nitrogen and oxygen atoms in total. The number of pyridine rings is 2. The first-order valence-electron chi connectivity index (χ1n) is 9.53. The van der Waals surface area contributed by atoms with Gasteiger partial charge in [0.2, 0.25) is 5.91 Å². The number of carbonyl (C=O) groups is 1. The van der Waals surface area contributed by atoms with E-state index in [9.17, 15) is 18.0 Å². The van der Waals surface area contributed by atoms with Gasteiger partial charge < -0.3 is 10.6 Å². The van der Waals surface area contributed by atoms with Gasteiger partial charge in [0.25, 0.3) is 0 Å². The van der Waals surface area contributed by atoms with Gasteiger partial charge in [-0.15, -0.1) is 0 Å². The number of halogens is 3. The number of rotatable bonds is 5. The summed E-state index contributed by atoms with van der Waals surface area (Å²) in [5.74, 6) is 0.218. The summed E-state index contributed by atoms with van der Waals surface area (Å²) in [6.07, 6.45) is -2.47. The Morgan fingerprint density at radius 2 is 2.07 bits per heavy atom. The summed E-state index contributed by atoms with van der Waals surface area (Å²) in [5, 5.41) is 7.07. The second-order valence-corrected chi connectivity index (χ2v) is 8.14. The van der Waals surface area contributed by atoms with Crippen LogP contribution >= 0.6 is 0 Å². The Hall–Kier alpha value is -3.17. The van der Waals surface area contributed by atoms with Gasteiger partial charge in [0.15, 0.2) is 5.65 Å². The van der Waals surface area contributed by atoms with Gasteiger partial charge in [0.05, 0.1) is 16.7 Å². The van der Waals surface area contributed by atoms with Gasteiger partial charge in [-0.05, 0) is 36.6 Å². The van der Waals surface area contributed by atoms with Crippen molar-refractivity contribution in [3.8, 4) is 11.4 Å². The van der Waals surface area contributed by atoms with Gasteiger partial charge in [-0.2, -0.15) is 18.3 Å². The van der Waals surface area contributed by atoms with Crippen molar-refractivity contribution in [3.05, 3.63) is 36.0 Å². The number of primary amides is 1. The molecule has 160 valence electrons. The van der Waals surface area contributed by atoms with Crippen molar-refractivity contribution in [1.82, 2.24) is 20.2 Å². The molecule has 0 radical (unpaired) electrons. The second kappa shape index (κ2) is 6.96. The van der Waals surface area contributed by atoms with Crippen molar-refractivity contribution >= 4 is 22.8 Å². The molecule has 0 unspecified atom stereocenters. The lowest BCUT2D eigenvalue weighted by atomic mass is 9.73. The Labute approximate surface area is 172 Å². The number of aromatic amines is 1. The number of aromatic nitrogens is 4. The summed E-state index contributed by atoms with van der Waals surface area (Å²) >= 11 is 0. The number of hydrogen-bond acceptors (Lipinski definition) is 5. The molecular formula is C20H23F3N6O. The normalized spacial score (nSPS) is 16.1. The largest absolute Gasteiger partial charge is 0.418 e. The van der Waals surface area contributed by atoms with Gasteiger partial charge in [-0.1, -0.05) is 13.8 Å². The summed E-state index contributed by atoms with van der Waals surface area (Å²) in [4.78, 5) is 22.1. The lowest BCUT2D eigenvalue weighted by molar-refractivity contribution is -0.137. The summed E-state index contributed by atoms with van der Waals surface area (Å²) in [6.45, 7) is 4.64. The molecule has 1 amide bonds. The minimum atomic E-state index is -4.59. The van der Waals surface area contributed by atoms with Crippen molar-refractivity contribution in [2.24, 2.45) is 17.1 Å². The van der Waals surface area contributed by atoms with Crippen LogP contribution in [0.25, 0.3) is 22.4 Å². The fraction of sp³-hybridized carbons (Fsp3) is 0.400. The van der Waals surface area contributed by atoms with Crippen LogP contribution in [0, 0.1) is 11.3 Å². The van der Waals surface area contributed by atoms with Crippen LogP contribution in [0.15, 0.2) is 30.5 Å². The summed E-state index contributed by atoms with van der Waals surface area (Å²) < 4.78 is 41.0. The van der Waals surface area contributed by atoms with E-state index in [-0.39, 0.29) is 18.7 Å². The number of nitrogens with zero attached hydrogens (tertiary/aromatic N) is 4. The van der Waals surface area contributed by atoms with Crippen LogP contribution in [0.2, 0.25) is 0 Å². The number of carbonyl (C=O) groups excluding carboxylic acids is 1. The van der Waals surface area contributed by atoms with E-state index in [1.807, 2.05) is 13.8 Å². The topological polar surface area (TPSA) is 101 Å². The highest BCUT2D eigenvalue weighted by Crippen LogP contribution is 2.42. The highest BCUT2D eigenvalue weighted by molar-refractivity contribution is 5.91. The van der Waals surface area contributed by atoms with Crippen LogP contribution in [-0.2, 0) is 11.0 Å². The van der Waals surface area contributed by atoms with Crippen LogP contribution < -0.4 is 10.6 Å². The third kappa shape index (κ3) is 3.35. The second-order valence-electron chi connectivity index (χ2n) is 8.14. The van der Waals surface area contributed by atoms with Crippen LogP contribution in [-0.4, -0.2) is 39.2 Å². The molecule has 0 saturated carbocycles. The number of anilines is 1. The lowest BCUT2D eigenvalue weighted by Gasteiger charge is -2.49. The highest BCUT2D eigenvalue weighted by Gasteiger charge is 2.49. The van der Waals surface area contributed by atoms with E-state index < -0.39 is 23.1 Å². The minimum absolute atomic E-state index is 0. The fourth-order valence-corrected chi connectivity index (χ4v) is 4.09. The molecule has 0 atom stereocenters. The van der Waals surface area contributed by atoms with E-state index in [4.69, 9.17) is 5.73 Å². The molecule has 1 aliphatic heterocycles. The smallest absolute Gasteiger partial charge is 0.369 e. The lowest BCUT2D eigenvalue weighted by Crippen LogP contribution is -2.63. The number of nitrogens with two attached hydrogens (primary N) is 1. The van der Waals surface area contributed by atoms with Crippen molar-refractivity contribution < 1.29 is 19.4 Å². The molecule has 3 aromatic rings. The van der Waals surface area contributed by atoms with E-state index in [0.717, 1.165) is 6.07 Å². The SMILES string of the molecule is CC(C)CC1(C(N)=O)CN(c2ccc(C(F)(F)F)c(-c3[nH]nc4ncccc34)n2)C1.[HH]. The molecule has 4 rings (SSSR count). The van der Waals surface area contributed by atoms with E-state index in [0.29, 0.717) is 36.4 Å². The standard InChI is InChI=1S/C20H21F3N6O.H2/c1-11(2)8-19(18(24)30)9-29(10-19)14-6-5-13(20(21,22)23)16(26-14)15-12-4-3-7-25-17(12)28-27-15;/h3-7,11H,8-10H2,1-2H3,(H2,24,30)(H,25,27,28);1H. The van der Waals surface area contributed by atoms with E-state index in [1.165, 1.54) is 12.3 Å². The highest BCUT2D eigenvalue weighted by atomic mass is 19.4. The number of H-pyrrole nitrogens is 1. The molecule has 1 saturated heterocycles. The Morgan fingerprint density at radius 1 is 1.33 bits per heavy atom. The van der Waals surface area contributed by atoms with E-state index >= 15 is 0 Å². The van der Waals surface area contributed by atoms with Crippen molar-refractivity contribution in [1.29, 1.82) is 0 Å². The van der Waals surface area contributed by atoms with Crippen LogP contribution in [0.1, 0.15) is 27.3 Å². The Morgan fingerprint density at radius 3 is 2.70 bits per heavy atom. The predicted molar refractivity (Wildman–Crippen MR) is 108 cm³/mol. The molecule has 0 spiro atoms. The third-order valence-electron chi connectivity index (χ3n) is 5.39. The predicted octanol–water partition coefficient (Wildman–Crippen LogP) is 3.62. The zero-order chi connectivity index (χ0) is 21.7. The fourth-order valence-electron chi connectivity index (χ4n) is 4.09. The Balaban J connectivity index is 0.00000272. The number of alkyl halides is 3. The van der Waals surface area contributed by atoms with Crippen LogP contribution in [0.5, 0.6) is 0 Å². The van der Waals surface area contributed by atoms with Crippen molar-refractivity contribution in [2.45, 2.75) is 26.4 Å². The molecular weight excluding hydrogens is 397 g/mol. The number of amides is 1. The van der Waals surface area contributed by atoms with Gasteiger partial charge in [-0.3, -0.25) is 9.89 Å². The van der Waals surface area contributed by atoms with Gasteiger partial charge in [0.1, 0.15) is 11.5 Å².